The third kappa shape index (κ3) is 3.65. The molecule has 130 valence electrons. The number of nitrogens with zero attached hydrogens (tertiary/aromatic N) is 4. The van der Waals surface area contributed by atoms with Gasteiger partial charge in [-0.25, -0.2) is 4.98 Å². The highest BCUT2D eigenvalue weighted by molar-refractivity contribution is 5.88. The summed E-state index contributed by atoms with van der Waals surface area (Å²) in [5, 5.41) is 7.50. The summed E-state index contributed by atoms with van der Waals surface area (Å²) in [6.45, 7) is 0.0129. The Morgan fingerprint density at radius 2 is 2.04 bits per heavy atom. The Hall–Kier alpha value is -3.24. The number of amides is 1. The number of carbonyl (C=O) groups is 1. The highest BCUT2D eigenvalue weighted by atomic mass is 19.4. The number of nitrogens with one attached hydrogen (secondary N) is 2. The molecule has 0 fully saturated rings. The lowest BCUT2D eigenvalue weighted by molar-refractivity contribution is -0.144. The van der Waals surface area contributed by atoms with Crippen molar-refractivity contribution >= 4 is 22.8 Å². The number of aryl methyl sites for hydroxylation is 1. The van der Waals surface area contributed by atoms with E-state index >= 15 is 0 Å². The minimum atomic E-state index is -4.68. The molecule has 0 spiro atoms. The van der Waals surface area contributed by atoms with Crippen molar-refractivity contribution in [1.82, 2.24) is 24.7 Å². The van der Waals surface area contributed by atoms with Crippen LogP contribution in [0, 0.1) is 0 Å². The molecule has 3 rings (SSSR count). The molecule has 0 aliphatic heterocycles. The number of aromatic amines is 1. The van der Waals surface area contributed by atoms with Crippen LogP contribution < -0.4 is 10.9 Å². The summed E-state index contributed by atoms with van der Waals surface area (Å²) in [7, 11) is 0. The highest BCUT2D eigenvalue weighted by Gasteiger charge is 2.35. The third-order valence-electron chi connectivity index (χ3n) is 3.32. The fraction of sp³-hybridized carbons (Fsp3) is 0.214. The summed E-state index contributed by atoms with van der Waals surface area (Å²) in [6, 6.07) is 6.76. The number of anilines is 1. The predicted octanol–water partition coefficient (Wildman–Crippen LogP) is 1.56. The van der Waals surface area contributed by atoms with Crippen molar-refractivity contribution in [2.45, 2.75) is 19.1 Å². The van der Waals surface area contributed by atoms with Crippen LogP contribution in [0.15, 0.2) is 35.4 Å². The minimum Gasteiger partial charge on any atom is -0.298 e. The second-order valence-electron chi connectivity index (χ2n) is 5.06. The first-order chi connectivity index (χ1) is 11.8. The number of benzene rings is 1. The third-order valence-corrected chi connectivity index (χ3v) is 3.32. The zero-order valence-corrected chi connectivity index (χ0v) is 12.5. The standard InChI is InChI=1S/C14H11F3N6O2/c15-14(16,17)12-20-13(22-21-12)19-10(24)5-6-23-7-18-9-4-2-1-3-8(9)11(23)25/h1-4,7H,5-6H2,(H2,19,20,21,22,24). The number of carbonyl (C=O) groups excluding carboxylic acids is 1. The van der Waals surface area contributed by atoms with E-state index in [9.17, 15) is 22.8 Å². The van der Waals surface area contributed by atoms with E-state index in [-0.39, 0.29) is 18.5 Å². The second-order valence-corrected chi connectivity index (χ2v) is 5.06. The zero-order chi connectivity index (χ0) is 18.0. The maximum absolute atomic E-state index is 12.4. The number of rotatable bonds is 4. The normalized spacial score (nSPS) is 11.6. The monoisotopic (exact) mass is 352 g/mol. The van der Waals surface area contributed by atoms with Crippen molar-refractivity contribution in [3.8, 4) is 0 Å². The van der Waals surface area contributed by atoms with Crippen molar-refractivity contribution in [2.24, 2.45) is 0 Å². The molecule has 3 aromatic rings. The molecule has 0 saturated heterocycles. The predicted molar refractivity (Wildman–Crippen MR) is 80.6 cm³/mol. The summed E-state index contributed by atoms with van der Waals surface area (Å²) in [5.41, 5.74) is 0.226. The van der Waals surface area contributed by atoms with Gasteiger partial charge in [-0.3, -0.25) is 24.6 Å². The molecular weight excluding hydrogens is 341 g/mol. The van der Waals surface area contributed by atoms with E-state index < -0.39 is 23.9 Å². The Kier molecular flexibility index (Phi) is 4.21. The van der Waals surface area contributed by atoms with Crippen LogP contribution in [0.2, 0.25) is 0 Å². The van der Waals surface area contributed by atoms with E-state index in [1.165, 1.54) is 10.9 Å². The van der Waals surface area contributed by atoms with Gasteiger partial charge in [-0.15, -0.1) is 5.10 Å². The fourth-order valence-corrected chi connectivity index (χ4v) is 2.12. The average Bonchev–Trinajstić information content (AvgIpc) is 3.03. The lowest BCUT2D eigenvalue weighted by Crippen LogP contribution is -2.23. The molecule has 0 aliphatic carbocycles. The largest absolute Gasteiger partial charge is 0.451 e. The van der Waals surface area contributed by atoms with Crippen LogP contribution in [0.4, 0.5) is 19.1 Å². The van der Waals surface area contributed by atoms with Gasteiger partial charge >= 0.3 is 6.18 Å². The summed E-state index contributed by atoms with van der Waals surface area (Å²) in [4.78, 5) is 31.3. The van der Waals surface area contributed by atoms with E-state index in [4.69, 9.17) is 0 Å². The number of hydrogen-bond donors (Lipinski definition) is 2. The van der Waals surface area contributed by atoms with Gasteiger partial charge in [0, 0.05) is 13.0 Å². The van der Waals surface area contributed by atoms with Gasteiger partial charge in [0.15, 0.2) is 0 Å². The molecule has 11 heteroatoms. The lowest BCUT2D eigenvalue weighted by Gasteiger charge is -2.06. The Morgan fingerprint density at radius 3 is 2.76 bits per heavy atom. The lowest BCUT2D eigenvalue weighted by atomic mass is 10.2. The summed E-state index contributed by atoms with van der Waals surface area (Å²) < 4.78 is 38.4. The zero-order valence-electron chi connectivity index (χ0n) is 12.5. The van der Waals surface area contributed by atoms with Crippen LogP contribution in [0.5, 0.6) is 0 Å². The van der Waals surface area contributed by atoms with Crippen molar-refractivity contribution in [3.63, 3.8) is 0 Å². The number of para-hydroxylation sites is 1. The van der Waals surface area contributed by atoms with Crippen molar-refractivity contribution < 1.29 is 18.0 Å². The molecule has 0 aliphatic rings. The fourth-order valence-electron chi connectivity index (χ4n) is 2.12. The molecule has 2 aromatic heterocycles. The number of aromatic nitrogens is 5. The van der Waals surface area contributed by atoms with Crippen LogP contribution in [-0.2, 0) is 17.5 Å². The number of fused-ring (bicyclic) bond motifs is 1. The van der Waals surface area contributed by atoms with Crippen molar-refractivity contribution in [3.05, 3.63) is 46.8 Å². The number of alkyl halides is 3. The average molecular weight is 352 g/mol. The molecule has 1 aromatic carbocycles. The summed E-state index contributed by atoms with van der Waals surface area (Å²) in [5.74, 6) is -2.42. The molecule has 0 saturated carbocycles. The van der Waals surface area contributed by atoms with E-state index in [0.29, 0.717) is 10.9 Å². The maximum Gasteiger partial charge on any atom is 0.451 e. The molecule has 0 atom stereocenters. The van der Waals surface area contributed by atoms with Crippen LogP contribution in [0.25, 0.3) is 10.9 Å². The number of hydrogen-bond acceptors (Lipinski definition) is 5. The maximum atomic E-state index is 12.4. The van der Waals surface area contributed by atoms with E-state index in [0.717, 1.165) is 0 Å². The Bertz CT molecular complexity index is 978. The quantitative estimate of drug-likeness (QED) is 0.741. The first-order valence-electron chi connectivity index (χ1n) is 7.08. The molecule has 0 unspecified atom stereocenters. The van der Waals surface area contributed by atoms with Gasteiger partial charge in [0.1, 0.15) is 0 Å². The Labute approximate surface area is 137 Å². The van der Waals surface area contributed by atoms with Gasteiger partial charge in [-0.2, -0.15) is 18.2 Å². The molecule has 1 amide bonds. The van der Waals surface area contributed by atoms with Gasteiger partial charge < -0.3 is 0 Å². The van der Waals surface area contributed by atoms with Crippen LogP contribution in [0.1, 0.15) is 12.2 Å². The minimum absolute atomic E-state index is 0.0129. The Balaban J connectivity index is 1.66. The molecule has 25 heavy (non-hydrogen) atoms. The first kappa shape index (κ1) is 16.6. The Morgan fingerprint density at radius 1 is 1.28 bits per heavy atom. The van der Waals surface area contributed by atoms with Gasteiger partial charge in [0.25, 0.3) is 5.56 Å². The molecule has 2 N–H and O–H groups in total. The van der Waals surface area contributed by atoms with E-state index in [1.807, 2.05) is 0 Å². The van der Waals surface area contributed by atoms with Crippen LogP contribution in [-0.4, -0.2) is 30.6 Å². The summed E-state index contributed by atoms with van der Waals surface area (Å²) in [6.07, 6.45) is -3.53. The SMILES string of the molecule is O=C(CCn1cnc2ccccc2c1=O)Nc1n[nH]c(C(F)(F)F)n1. The second kappa shape index (κ2) is 6.34. The number of H-pyrrole nitrogens is 1. The molecular formula is C14H11F3N6O2. The number of halogens is 3. The van der Waals surface area contributed by atoms with Crippen molar-refractivity contribution in [1.29, 1.82) is 0 Å². The van der Waals surface area contributed by atoms with Gasteiger partial charge in [0.2, 0.25) is 17.7 Å². The molecule has 8 nitrogen and oxygen atoms in total. The van der Waals surface area contributed by atoms with Gasteiger partial charge in [-0.1, -0.05) is 12.1 Å². The molecule has 0 bridgehead atoms. The summed E-state index contributed by atoms with van der Waals surface area (Å²) >= 11 is 0. The van der Waals surface area contributed by atoms with E-state index in [2.05, 4.69) is 20.4 Å². The topological polar surface area (TPSA) is 106 Å². The first-order valence-corrected chi connectivity index (χ1v) is 7.08. The molecule has 2 heterocycles. The van der Waals surface area contributed by atoms with Crippen LogP contribution in [0.3, 0.4) is 0 Å². The van der Waals surface area contributed by atoms with Gasteiger partial charge in [-0.05, 0) is 12.1 Å². The van der Waals surface area contributed by atoms with Gasteiger partial charge in [0.05, 0.1) is 17.2 Å². The molecule has 0 radical (unpaired) electrons. The highest BCUT2D eigenvalue weighted by Crippen LogP contribution is 2.26. The van der Waals surface area contributed by atoms with E-state index in [1.54, 1.807) is 29.4 Å². The van der Waals surface area contributed by atoms with Crippen molar-refractivity contribution in [2.75, 3.05) is 5.32 Å². The van der Waals surface area contributed by atoms with Crippen LogP contribution >= 0.6 is 0 Å². The smallest absolute Gasteiger partial charge is 0.298 e.